The second-order valence-corrected chi connectivity index (χ2v) is 6.45. The van der Waals surface area contributed by atoms with Gasteiger partial charge in [0.05, 0.1) is 6.54 Å². The highest BCUT2D eigenvalue weighted by molar-refractivity contribution is 14.0. The number of aliphatic hydroxyl groups is 1. The van der Waals surface area contributed by atoms with Gasteiger partial charge in [0.2, 0.25) is 0 Å². The molecule has 1 aromatic heterocycles. The van der Waals surface area contributed by atoms with E-state index in [4.69, 9.17) is 4.42 Å². The van der Waals surface area contributed by atoms with Crippen LogP contribution in [-0.2, 0) is 5.60 Å². The molecule has 1 aromatic carbocycles. The Kier molecular flexibility index (Phi) is 10.2. The van der Waals surface area contributed by atoms with Crippen LogP contribution in [0.5, 0.6) is 0 Å². The zero-order chi connectivity index (χ0) is 18.8. The summed E-state index contributed by atoms with van der Waals surface area (Å²) >= 11 is 0. The molecule has 27 heavy (non-hydrogen) atoms. The minimum atomic E-state index is -1.13. The maximum Gasteiger partial charge on any atom is 0.191 e. The molecule has 150 valence electrons. The molecule has 2 rings (SSSR count). The Morgan fingerprint density at radius 1 is 1.11 bits per heavy atom. The minimum Gasteiger partial charge on any atom is -0.463 e. The first-order valence-electron chi connectivity index (χ1n) is 9.11. The van der Waals surface area contributed by atoms with Gasteiger partial charge >= 0.3 is 0 Å². The SMILES string of the molecule is CCNC(=NCC(C)(O)c1ccc(C)o1)NCCCNc1ccccc1.I. The number of hydrogen-bond donors (Lipinski definition) is 4. The zero-order valence-corrected chi connectivity index (χ0v) is 18.6. The molecule has 0 amide bonds. The third kappa shape index (κ3) is 8.21. The Morgan fingerprint density at radius 2 is 1.85 bits per heavy atom. The Morgan fingerprint density at radius 3 is 2.48 bits per heavy atom. The van der Waals surface area contributed by atoms with Crippen molar-refractivity contribution >= 4 is 35.6 Å². The molecule has 1 heterocycles. The van der Waals surface area contributed by atoms with Gasteiger partial charge in [-0.15, -0.1) is 24.0 Å². The molecule has 7 heteroatoms. The predicted molar refractivity (Wildman–Crippen MR) is 122 cm³/mol. The first-order chi connectivity index (χ1) is 12.5. The van der Waals surface area contributed by atoms with E-state index in [0.717, 1.165) is 37.5 Å². The van der Waals surface area contributed by atoms with Gasteiger partial charge in [0, 0.05) is 25.3 Å². The maximum absolute atomic E-state index is 10.6. The van der Waals surface area contributed by atoms with E-state index < -0.39 is 5.60 Å². The van der Waals surface area contributed by atoms with Crippen molar-refractivity contribution < 1.29 is 9.52 Å². The second kappa shape index (κ2) is 11.9. The Hall–Kier alpha value is -1.74. The molecule has 0 saturated carbocycles. The number of aryl methyl sites for hydroxylation is 1. The van der Waals surface area contributed by atoms with Crippen LogP contribution in [0, 0.1) is 6.92 Å². The van der Waals surface area contributed by atoms with Crippen LogP contribution in [0.2, 0.25) is 0 Å². The molecule has 0 radical (unpaired) electrons. The number of hydrogen-bond acceptors (Lipinski definition) is 4. The van der Waals surface area contributed by atoms with Crippen LogP contribution in [0.4, 0.5) is 5.69 Å². The van der Waals surface area contributed by atoms with Crippen LogP contribution in [-0.4, -0.2) is 37.2 Å². The van der Waals surface area contributed by atoms with Crippen LogP contribution in [0.15, 0.2) is 51.9 Å². The highest BCUT2D eigenvalue weighted by Gasteiger charge is 2.26. The fourth-order valence-electron chi connectivity index (χ4n) is 2.46. The molecule has 1 unspecified atom stereocenters. The number of benzene rings is 1. The maximum atomic E-state index is 10.6. The van der Waals surface area contributed by atoms with Crippen LogP contribution in [0.1, 0.15) is 31.8 Å². The molecule has 6 nitrogen and oxygen atoms in total. The summed E-state index contributed by atoms with van der Waals surface area (Å²) in [5.74, 6) is 2.00. The van der Waals surface area contributed by atoms with Crippen molar-refractivity contribution in [1.82, 2.24) is 10.6 Å². The lowest BCUT2D eigenvalue weighted by molar-refractivity contribution is 0.0428. The molecule has 0 bridgehead atoms. The van der Waals surface area contributed by atoms with E-state index in [9.17, 15) is 5.11 Å². The van der Waals surface area contributed by atoms with Gasteiger partial charge < -0.3 is 25.5 Å². The van der Waals surface area contributed by atoms with Gasteiger partial charge in [-0.1, -0.05) is 18.2 Å². The Bertz CT molecular complexity index is 686. The first kappa shape index (κ1) is 23.3. The molecule has 0 aliphatic heterocycles. The van der Waals surface area contributed by atoms with Crippen molar-refractivity contribution in [3.05, 3.63) is 54.0 Å². The number of rotatable bonds is 9. The van der Waals surface area contributed by atoms with Gasteiger partial charge in [0.15, 0.2) is 5.96 Å². The summed E-state index contributed by atoms with van der Waals surface area (Å²) < 4.78 is 5.53. The Balaban J connectivity index is 0.00000364. The molecule has 2 aromatic rings. The minimum absolute atomic E-state index is 0. The number of anilines is 1. The van der Waals surface area contributed by atoms with Crippen molar-refractivity contribution in [3.63, 3.8) is 0 Å². The van der Waals surface area contributed by atoms with Crippen LogP contribution in [0.25, 0.3) is 0 Å². The number of guanidine groups is 1. The van der Waals surface area contributed by atoms with E-state index in [0.29, 0.717) is 11.7 Å². The third-order valence-electron chi connectivity index (χ3n) is 3.91. The topological polar surface area (TPSA) is 81.8 Å². The number of nitrogens with one attached hydrogen (secondary N) is 3. The lowest BCUT2D eigenvalue weighted by Crippen LogP contribution is -2.39. The van der Waals surface area contributed by atoms with Gasteiger partial charge in [0.1, 0.15) is 17.1 Å². The highest BCUT2D eigenvalue weighted by Crippen LogP contribution is 2.22. The zero-order valence-electron chi connectivity index (χ0n) is 16.3. The summed E-state index contributed by atoms with van der Waals surface area (Å²) in [5, 5.41) is 20.5. The summed E-state index contributed by atoms with van der Waals surface area (Å²) in [6.45, 7) is 8.23. The second-order valence-electron chi connectivity index (χ2n) is 6.45. The van der Waals surface area contributed by atoms with Crippen LogP contribution < -0.4 is 16.0 Å². The summed E-state index contributed by atoms with van der Waals surface area (Å²) in [6.07, 6.45) is 0.951. The number of halogens is 1. The van der Waals surface area contributed by atoms with E-state index in [2.05, 4.69) is 33.1 Å². The number of para-hydroxylation sites is 1. The molecular formula is C20H31IN4O2. The lowest BCUT2D eigenvalue weighted by atomic mass is 10.0. The van der Waals surface area contributed by atoms with E-state index in [1.807, 2.05) is 38.1 Å². The summed E-state index contributed by atoms with van der Waals surface area (Å²) in [6, 6.07) is 13.8. The van der Waals surface area contributed by atoms with Crippen molar-refractivity contribution in [3.8, 4) is 0 Å². The summed E-state index contributed by atoms with van der Waals surface area (Å²) in [4.78, 5) is 4.49. The van der Waals surface area contributed by atoms with Gasteiger partial charge in [-0.3, -0.25) is 0 Å². The smallest absolute Gasteiger partial charge is 0.191 e. The van der Waals surface area contributed by atoms with E-state index in [1.54, 1.807) is 13.0 Å². The molecule has 0 aliphatic carbocycles. The first-order valence-corrected chi connectivity index (χ1v) is 9.11. The largest absolute Gasteiger partial charge is 0.463 e. The lowest BCUT2D eigenvalue weighted by Gasteiger charge is -2.19. The highest BCUT2D eigenvalue weighted by atomic mass is 127. The fraction of sp³-hybridized carbons (Fsp3) is 0.450. The molecular weight excluding hydrogens is 455 g/mol. The van der Waals surface area contributed by atoms with E-state index in [-0.39, 0.29) is 30.5 Å². The molecule has 0 aliphatic rings. The van der Waals surface area contributed by atoms with Crippen molar-refractivity contribution in [2.45, 2.75) is 32.8 Å². The van der Waals surface area contributed by atoms with Gasteiger partial charge in [-0.25, -0.2) is 4.99 Å². The van der Waals surface area contributed by atoms with Gasteiger partial charge in [-0.2, -0.15) is 0 Å². The number of furan rings is 1. The van der Waals surface area contributed by atoms with Gasteiger partial charge in [-0.05, 0) is 51.5 Å². The van der Waals surface area contributed by atoms with Crippen LogP contribution in [0.3, 0.4) is 0 Å². The number of nitrogens with zero attached hydrogens (tertiary/aromatic N) is 1. The third-order valence-corrected chi connectivity index (χ3v) is 3.91. The van der Waals surface area contributed by atoms with Crippen molar-refractivity contribution in [2.24, 2.45) is 4.99 Å². The molecule has 0 saturated heterocycles. The van der Waals surface area contributed by atoms with E-state index >= 15 is 0 Å². The van der Waals surface area contributed by atoms with Crippen molar-refractivity contribution in [1.29, 1.82) is 0 Å². The van der Waals surface area contributed by atoms with E-state index in [1.165, 1.54) is 0 Å². The number of aliphatic imine (C=N–C) groups is 1. The predicted octanol–water partition coefficient (Wildman–Crippen LogP) is 3.47. The average molecular weight is 486 g/mol. The monoisotopic (exact) mass is 486 g/mol. The normalized spacial score (nSPS) is 13.4. The van der Waals surface area contributed by atoms with Crippen molar-refractivity contribution in [2.75, 3.05) is 31.5 Å². The van der Waals surface area contributed by atoms with Gasteiger partial charge in [0.25, 0.3) is 0 Å². The molecule has 0 spiro atoms. The fourth-order valence-corrected chi connectivity index (χ4v) is 2.46. The standard InChI is InChI=1S/C20H30N4O2.HI/c1-4-21-19(23-14-8-13-22-17-9-6-5-7-10-17)24-15-20(3,25)18-12-11-16(2)26-18;/h5-7,9-12,22,25H,4,8,13-15H2,1-3H3,(H2,21,23,24);1H. The molecule has 4 N–H and O–H groups in total. The molecule has 0 fully saturated rings. The summed E-state index contributed by atoms with van der Waals surface area (Å²) in [5.41, 5.74) is -0.0104. The Labute approximate surface area is 178 Å². The quantitative estimate of drug-likeness (QED) is 0.189. The molecule has 1 atom stereocenters. The average Bonchev–Trinajstić information content (AvgIpc) is 3.07. The summed E-state index contributed by atoms with van der Waals surface area (Å²) in [7, 11) is 0. The van der Waals surface area contributed by atoms with Crippen LogP contribution >= 0.6 is 24.0 Å².